The van der Waals surface area contributed by atoms with Gasteiger partial charge in [0.25, 0.3) is 0 Å². The van der Waals surface area contributed by atoms with Crippen molar-refractivity contribution in [2.45, 2.75) is 6.54 Å². The number of anilines is 1. The molecule has 0 saturated heterocycles. The van der Waals surface area contributed by atoms with E-state index in [9.17, 15) is 4.79 Å². The predicted octanol–water partition coefficient (Wildman–Crippen LogP) is 4.72. The van der Waals surface area contributed by atoms with Crippen LogP contribution in [0, 0.1) is 0 Å². The van der Waals surface area contributed by atoms with E-state index in [1.807, 2.05) is 25.2 Å². The summed E-state index contributed by atoms with van der Waals surface area (Å²) in [5.41, 5.74) is 2.86. The number of aldehydes is 1. The first-order valence-corrected chi connectivity index (χ1v) is 7.75. The van der Waals surface area contributed by atoms with Gasteiger partial charge in [-0.1, -0.05) is 15.9 Å². The Labute approximate surface area is 127 Å². The van der Waals surface area contributed by atoms with E-state index < -0.39 is 0 Å². The second-order valence-electron chi connectivity index (χ2n) is 3.94. The molecule has 5 heteroatoms. The summed E-state index contributed by atoms with van der Waals surface area (Å²) in [6, 6.07) is 7.76. The molecule has 94 valence electrons. The summed E-state index contributed by atoms with van der Waals surface area (Å²) in [6.07, 6.45) is 0.891. The molecule has 0 unspecified atom stereocenters. The molecule has 0 aliphatic carbocycles. The fraction of sp³-hybridized carbons (Fsp3) is 0.154. The second-order valence-corrected chi connectivity index (χ2v) is 7.14. The molecule has 0 fully saturated rings. The van der Waals surface area contributed by atoms with E-state index in [-0.39, 0.29) is 0 Å². The van der Waals surface area contributed by atoms with Crippen LogP contribution in [0.4, 0.5) is 5.69 Å². The summed E-state index contributed by atoms with van der Waals surface area (Å²) in [5.74, 6) is 0. The molecule has 0 N–H and O–H groups in total. The van der Waals surface area contributed by atoms with Crippen molar-refractivity contribution in [2.24, 2.45) is 0 Å². The van der Waals surface area contributed by atoms with Crippen molar-refractivity contribution in [1.82, 2.24) is 0 Å². The number of carbonyl (C=O) groups excluding carboxylic acids is 1. The molecule has 0 aliphatic rings. The fourth-order valence-electron chi connectivity index (χ4n) is 1.73. The number of benzene rings is 1. The lowest BCUT2D eigenvalue weighted by atomic mass is 10.1. The average molecular weight is 389 g/mol. The van der Waals surface area contributed by atoms with Gasteiger partial charge in [-0.25, -0.2) is 0 Å². The second kappa shape index (κ2) is 5.99. The number of hydrogen-bond acceptors (Lipinski definition) is 3. The van der Waals surface area contributed by atoms with Gasteiger partial charge in [0.2, 0.25) is 0 Å². The minimum atomic E-state index is 0.704. The first-order chi connectivity index (χ1) is 8.60. The van der Waals surface area contributed by atoms with Crippen LogP contribution in [0.15, 0.2) is 37.9 Å². The Balaban J connectivity index is 2.25. The van der Waals surface area contributed by atoms with E-state index in [2.05, 4.69) is 48.2 Å². The monoisotopic (exact) mass is 387 g/mol. The van der Waals surface area contributed by atoms with Crippen LogP contribution in [-0.2, 0) is 6.54 Å². The van der Waals surface area contributed by atoms with Crippen molar-refractivity contribution < 1.29 is 4.79 Å². The van der Waals surface area contributed by atoms with Crippen LogP contribution >= 0.6 is 43.2 Å². The average Bonchev–Trinajstić information content (AvgIpc) is 2.74. The minimum Gasteiger partial charge on any atom is -0.370 e. The van der Waals surface area contributed by atoms with Gasteiger partial charge in [-0.2, -0.15) is 0 Å². The van der Waals surface area contributed by atoms with E-state index in [4.69, 9.17) is 0 Å². The van der Waals surface area contributed by atoms with Crippen molar-refractivity contribution in [1.29, 1.82) is 0 Å². The molecule has 0 radical (unpaired) electrons. The zero-order valence-electron chi connectivity index (χ0n) is 9.69. The van der Waals surface area contributed by atoms with Crippen molar-refractivity contribution >= 4 is 55.2 Å². The zero-order chi connectivity index (χ0) is 13.1. The Morgan fingerprint density at radius 3 is 2.72 bits per heavy atom. The van der Waals surface area contributed by atoms with Gasteiger partial charge in [-0.05, 0) is 51.1 Å². The first kappa shape index (κ1) is 13.8. The van der Waals surface area contributed by atoms with Crippen molar-refractivity contribution in [3.8, 4) is 0 Å². The van der Waals surface area contributed by atoms with Crippen molar-refractivity contribution in [3.05, 3.63) is 49.0 Å². The van der Waals surface area contributed by atoms with Gasteiger partial charge in [0, 0.05) is 29.3 Å². The highest BCUT2D eigenvalue weighted by Gasteiger charge is 2.09. The maximum Gasteiger partial charge on any atom is 0.152 e. The molecule has 2 rings (SSSR count). The zero-order valence-corrected chi connectivity index (χ0v) is 13.7. The lowest BCUT2D eigenvalue weighted by molar-refractivity contribution is 0.112. The quantitative estimate of drug-likeness (QED) is 0.706. The molecular weight excluding hydrogens is 378 g/mol. The van der Waals surface area contributed by atoms with Crippen LogP contribution in [-0.4, -0.2) is 13.3 Å². The van der Waals surface area contributed by atoms with Gasteiger partial charge in [0.15, 0.2) is 6.29 Å². The van der Waals surface area contributed by atoms with E-state index in [0.29, 0.717) is 5.56 Å². The highest BCUT2D eigenvalue weighted by atomic mass is 79.9. The lowest BCUT2D eigenvalue weighted by Gasteiger charge is -2.20. The molecule has 0 saturated carbocycles. The van der Waals surface area contributed by atoms with Gasteiger partial charge in [-0.3, -0.25) is 4.79 Å². The highest BCUT2D eigenvalue weighted by Crippen LogP contribution is 2.26. The molecule has 0 spiro atoms. The Kier molecular flexibility index (Phi) is 4.59. The van der Waals surface area contributed by atoms with Crippen LogP contribution < -0.4 is 4.90 Å². The number of carbonyl (C=O) groups is 1. The normalized spacial score (nSPS) is 10.4. The van der Waals surface area contributed by atoms with Crippen LogP contribution in [0.5, 0.6) is 0 Å². The summed E-state index contributed by atoms with van der Waals surface area (Å²) < 4.78 is 2.09. The van der Waals surface area contributed by atoms with Gasteiger partial charge in [0.1, 0.15) is 0 Å². The van der Waals surface area contributed by atoms with Gasteiger partial charge < -0.3 is 4.90 Å². The number of halogens is 2. The van der Waals surface area contributed by atoms with E-state index in [1.165, 1.54) is 5.56 Å². The maximum absolute atomic E-state index is 11.1. The summed E-state index contributed by atoms with van der Waals surface area (Å²) in [5, 5.41) is 2.11. The number of hydrogen-bond donors (Lipinski definition) is 0. The third-order valence-electron chi connectivity index (χ3n) is 2.57. The molecule has 2 aromatic rings. The Morgan fingerprint density at radius 2 is 2.11 bits per heavy atom. The Morgan fingerprint density at radius 1 is 1.33 bits per heavy atom. The molecule has 0 bridgehead atoms. The third kappa shape index (κ3) is 3.22. The molecular formula is C13H11Br2NOS. The van der Waals surface area contributed by atoms with Crippen molar-refractivity contribution in [3.63, 3.8) is 0 Å². The van der Waals surface area contributed by atoms with E-state index >= 15 is 0 Å². The molecule has 18 heavy (non-hydrogen) atoms. The predicted molar refractivity (Wildman–Crippen MR) is 83.7 cm³/mol. The van der Waals surface area contributed by atoms with Gasteiger partial charge in [0.05, 0.1) is 3.79 Å². The number of rotatable bonds is 4. The molecule has 2 nitrogen and oxygen atoms in total. The maximum atomic E-state index is 11.1. The highest BCUT2D eigenvalue weighted by molar-refractivity contribution is 9.11. The van der Waals surface area contributed by atoms with Crippen LogP contribution in [0.3, 0.4) is 0 Å². The number of thiophene rings is 1. The molecule has 0 atom stereocenters. The van der Waals surface area contributed by atoms with E-state index in [0.717, 1.165) is 26.8 Å². The fourth-order valence-corrected chi connectivity index (χ4v) is 3.28. The summed E-state index contributed by atoms with van der Waals surface area (Å²) in [6.45, 7) is 0.777. The summed E-state index contributed by atoms with van der Waals surface area (Å²) in [7, 11) is 1.99. The SMILES string of the molecule is CN(Cc1csc(Br)c1)c1cc(Br)ccc1C=O. The van der Waals surface area contributed by atoms with Crippen LogP contribution in [0.2, 0.25) is 0 Å². The lowest BCUT2D eigenvalue weighted by Crippen LogP contribution is -2.17. The smallest absolute Gasteiger partial charge is 0.152 e. The Bertz CT molecular complexity index is 568. The molecule has 0 amide bonds. The topological polar surface area (TPSA) is 20.3 Å². The third-order valence-corrected chi connectivity index (χ3v) is 4.62. The van der Waals surface area contributed by atoms with E-state index in [1.54, 1.807) is 11.3 Å². The minimum absolute atomic E-state index is 0.704. The van der Waals surface area contributed by atoms with Crippen molar-refractivity contribution in [2.75, 3.05) is 11.9 Å². The molecule has 1 heterocycles. The van der Waals surface area contributed by atoms with Gasteiger partial charge >= 0.3 is 0 Å². The van der Waals surface area contributed by atoms with Crippen LogP contribution in [0.25, 0.3) is 0 Å². The molecule has 0 aliphatic heterocycles. The first-order valence-electron chi connectivity index (χ1n) is 5.29. The Hall–Kier alpha value is -0.650. The molecule has 1 aromatic carbocycles. The summed E-state index contributed by atoms with van der Waals surface area (Å²) in [4.78, 5) is 13.1. The summed E-state index contributed by atoms with van der Waals surface area (Å²) >= 11 is 8.56. The standard InChI is InChI=1S/C13H11Br2NOS/c1-16(6-9-4-13(15)18-8-9)12-5-11(14)3-2-10(12)7-17/h2-5,7-8H,6H2,1H3. The van der Waals surface area contributed by atoms with Crippen LogP contribution in [0.1, 0.15) is 15.9 Å². The van der Waals surface area contributed by atoms with Gasteiger partial charge in [-0.15, -0.1) is 11.3 Å². The molecule has 1 aromatic heterocycles. The number of nitrogens with zero attached hydrogens (tertiary/aromatic N) is 1. The largest absolute Gasteiger partial charge is 0.370 e.